The van der Waals surface area contributed by atoms with Crippen LogP contribution in [0.2, 0.25) is 0 Å². The lowest BCUT2D eigenvalue weighted by molar-refractivity contribution is 0.378. The quantitative estimate of drug-likeness (QED) is 0.263. The van der Waals surface area contributed by atoms with E-state index in [0.717, 1.165) is 34.0 Å². The first-order chi connectivity index (χ1) is 12.7. The normalized spacial score (nSPS) is 11.3. The topological polar surface area (TPSA) is 64.7 Å². The van der Waals surface area contributed by atoms with Crippen molar-refractivity contribution in [3.63, 3.8) is 0 Å². The molecular formula is C19H18N4OS2. The van der Waals surface area contributed by atoms with Crippen molar-refractivity contribution in [2.75, 3.05) is 5.75 Å². The van der Waals surface area contributed by atoms with E-state index >= 15 is 0 Å². The van der Waals surface area contributed by atoms with Crippen LogP contribution in [0.25, 0.3) is 21.6 Å². The maximum Gasteiger partial charge on any atom is 0.226 e. The summed E-state index contributed by atoms with van der Waals surface area (Å²) in [6, 6.07) is 9.88. The van der Waals surface area contributed by atoms with Crippen molar-refractivity contribution < 1.29 is 4.52 Å². The fraction of sp³-hybridized carbons (Fsp3) is 0.263. The number of nitrogens with zero attached hydrogens (tertiary/aromatic N) is 4. The summed E-state index contributed by atoms with van der Waals surface area (Å²) in [5.74, 6) is 2.28. The predicted octanol–water partition coefficient (Wildman–Crippen LogP) is 5.08. The van der Waals surface area contributed by atoms with Crippen LogP contribution in [-0.4, -0.2) is 25.9 Å². The summed E-state index contributed by atoms with van der Waals surface area (Å²) < 4.78 is 5.37. The van der Waals surface area contributed by atoms with E-state index < -0.39 is 0 Å². The van der Waals surface area contributed by atoms with Gasteiger partial charge in [0.25, 0.3) is 0 Å². The molecule has 0 saturated carbocycles. The van der Waals surface area contributed by atoms with Crippen molar-refractivity contribution in [2.45, 2.75) is 31.7 Å². The van der Waals surface area contributed by atoms with Crippen LogP contribution in [0.4, 0.5) is 0 Å². The molecule has 3 aromatic heterocycles. The van der Waals surface area contributed by atoms with Crippen LogP contribution in [-0.2, 0) is 6.42 Å². The Morgan fingerprint density at radius 2 is 1.96 bits per heavy atom. The van der Waals surface area contributed by atoms with E-state index in [0.29, 0.717) is 11.7 Å². The highest BCUT2D eigenvalue weighted by atomic mass is 32.2. The number of rotatable bonds is 6. The molecule has 0 saturated heterocycles. The third-order valence-corrected chi connectivity index (χ3v) is 6.40. The summed E-state index contributed by atoms with van der Waals surface area (Å²) in [5, 5.41) is 6.33. The van der Waals surface area contributed by atoms with E-state index in [1.807, 2.05) is 30.3 Å². The van der Waals surface area contributed by atoms with Gasteiger partial charge in [0.15, 0.2) is 0 Å². The molecule has 0 amide bonds. The Morgan fingerprint density at radius 1 is 1.12 bits per heavy atom. The van der Waals surface area contributed by atoms with Gasteiger partial charge in [0.05, 0.1) is 0 Å². The molecule has 0 aliphatic rings. The molecule has 26 heavy (non-hydrogen) atoms. The van der Waals surface area contributed by atoms with Crippen molar-refractivity contribution in [2.24, 2.45) is 0 Å². The van der Waals surface area contributed by atoms with E-state index in [-0.39, 0.29) is 0 Å². The van der Waals surface area contributed by atoms with E-state index in [2.05, 4.69) is 34.0 Å². The van der Waals surface area contributed by atoms with E-state index in [4.69, 9.17) is 4.52 Å². The standard InChI is InChI=1S/C19H18N4OS2/c1-12-13(2)26-19-16(12)18(20-11-21-19)25-10-6-9-15-22-17(23-24-15)14-7-4-3-5-8-14/h3-5,7-8,11H,6,9-10H2,1-2H3. The number of hydrogen-bond donors (Lipinski definition) is 0. The van der Waals surface area contributed by atoms with E-state index in [1.54, 1.807) is 29.4 Å². The SMILES string of the molecule is Cc1sc2ncnc(SCCCc3nc(-c4ccccc4)no3)c2c1C. The number of thiophene rings is 1. The number of fused-ring (bicyclic) bond motifs is 1. The van der Waals surface area contributed by atoms with Crippen molar-refractivity contribution in [3.8, 4) is 11.4 Å². The molecule has 0 fully saturated rings. The molecule has 0 spiro atoms. The van der Waals surface area contributed by atoms with Crippen molar-refractivity contribution in [3.05, 3.63) is 53.0 Å². The minimum atomic E-state index is 0.648. The largest absolute Gasteiger partial charge is 0.339 e. The molecule has 1 aromatic carbocycles. The average Bonchev–Trinajstić information content (AvgIpc) is 3.25. The number of hydrogen-bond acceptors (Lipinski definition) is 7. The fourth-order valence-corrected chi connectivity index (χ4v) is 4.77. The molecule has 0 atom stereocenters. The van der Waals surface area contributed by atoms with Gasteiger partial charge in [0.1, 0.15) is 16.2 Å². The molecular weight excluding hydrogens is 364 g/mol. The van der Waals surface area contributed by atoms with Gasteiger partial charge in [0, 0.05) is 28.0 Å². The van der Waals surface area contributed by atoms with Crippen LogP contribution in [0.15, 0.2) is 46.2 Å². The van der Waals surface area contributed by atoms with Crippen LogP contribution >= 0.6 is 23.1 Å². The third kappa shape index (κ3) is 3.50. The van der Waals surface area contributed by atoms with Crippen LogP contribution < -0.4 is 0 Å². The van der Waals surface area contributed by atoms with Gasteiger partial charge < -0.3 is 4.52 Å². The lowest BCUT2D eigenvalue weighted by Crippen LogP contribution is -1.91. The third-order valence-electron chi connectivity index (χ3n) is 4.20. The second-order valence-corrected chi connectivity index (χ2v) is 8.26. The smallest absolute Gasteiger partial charge is 0.226 e. The maximum absolute atomic E-state index is 5.37. The Hall–Kier alpha value is -2.25. The van der Waals surface area contributed by atoms with Crippen LogP contribution in [0.1, 0.15) is 22.8 Å². The van der Waals surface area contributed by atoms with Gasteiger partial charge in [0.2, 0.25) is 11.7 Å². The fourth-order valence-electron chi connectivity index (χ4n) is 2.71. The number of thioether (sulfide) groups is 1. The van der Waals surface area contributed by atoms with Gasteiger partial charge in [-0.2, -0.15) is 4.98 Å². The van der Waals surface area contributed by atoms with E-state index in [1.165, 1.54) is 15.8 Å². The van der Waals surface area contributed by atoms with Crippen molar-refractivity contribution in [1.29, 1.82) is 0 Å². The predicted molar refractivity (Wildman–Crippen MR) is 106 cm³/mol. The highest BCUT2D eigenvalue weighted by molar-refractivity contribution is 7.99. The van der Waals surface area contributed by atoms with Gasteiger partial charge in [-0.3, -0.25) is 0 Å². The maximum atomic E-state index is 5.37. The van der Waals surface area contributed by atoms with Gasteiger partial charge >= 0.3 is 0 Å². The monoisotopic (exact) mass is 382 g/mol. The summed E-state index contributed by atoms with van der Waals surface area (Å²) in [6.45, 7) is 4.28. The summed E-state index contributed by atoms with van der Waals surface area (Å²) >= 11 is 3.50. The zero-order valence-electron chi connectivity index (χ0n) is 14.6. The molecule has 0 bridgehead atoms. The van der Waals surface area contributed by atoms with Crippen molar-refractivity contribution >= 4 is 33.3 Å². The Labute approximate surface area is 159 Å². The molecule has 0 aliphatic heterocycles. The second kappa shape index (κ2) is 7.55. The number of aromatic nitrogens is 4. The van der Waals surface area contributed by atoms with Crippen LogP contribution in [0.3, 0.4) is 0 Å². The van der Waals surface area contributed by atoms with Gasteiger partial charge in [-0.15, -0.1) is 23.1 Å². The summed E-state index contributed by atoms with van der Waals surface area (Å²) in [6.07, 6.45) is 3.38. The first-order valence-electron chi connectivity index (χ1n) is 8.44. The van der Waals surface area contributed by atoms with Gasteiger partial charge in [-0.1, -0.05) is 35.5 Å². The molecule has 0 N–H and O–H groups in total. The second-order valence-electron chi connectivity index (χ2n) is 5.97. The van der Waals surface area contributed by atoms with Crippen LogP contribution in [0, 0.1) is 13.8 Å². The summed E-state index contributed by atoms with van der Waals surface area (Å²) in [5.41, 5.74) is 2.26. The molecule has 0 aliphatic carbocycles. The molecule has 0 unspecified atom stereocenters. The number of aryl methyl sites for hydroxylation is 3. The summed E-state index contributed by atoms with van der Waals surface area (Å²) in [7, 11) is 0. The Balaban J connectivity index is 1.37. The summed E-state index contributed by atoms with van der Waals surface area (Å²) in [4.78, 5) is 15.7. The van der Waals surface area contributed by atoms with Crippen molar-refractivity contribution in [1.82, 2.24) is 20.1 Å². The molecule has 3 heterocycles. The lowest BCUT2D eigenvalue weighted by Gasteiger charge is -2.02. The zero-order chi connectivity index (χ0) is 17.9. The van der Waals surface area contributed by atoms with Gasteiger partial charge in [-0.05, 0) is 25.8 Å². The molecule has 132 valence electrons. The Bertz CT molecular complexity index is 1030. The minimum Gasteiger partial charge on any atom is -0.339 e. The molecule has 7 heteroatoms. The molecule has 5 nitrogen and oxygen atoms in total. The van der Waals surface area contributed by atoms with Gasteiger partial charge in [-0.25, -0.2) is 9.97 Å². The highest BCUT2D eigenvalue weighted by Gasteiger charge is 2.13. The Kier molecular flexibility index (Phi) is 4.99. The average molecular weight is 383 g/mol. The molecule has 0 radical (unpaired) electrons. The minimum absolute atomic E-state index is 0.648. The Morgan fingerprint density at radius 3 is 2.81 bits per heavy atom. The highest BCUT2D eigenvalue weighted by Crippen LogP contribution is 2.34. The molecule has 4 aromatic rings. The first-order valence-corrected chi connectivity index (χ1v) is 10.2. The zero-order valence-corrected chi connectivity index (χ0v) is 16.2. The van der Waals surface area contributed by atoms with E-state index in [9.17, 15) is 0 Å². The van der Waals surface area contributed by atoms with Crippen LogP contribution in [0.5, 0.6) is 0 Å². The number of benzene rings is 1. The molecule has 4 rings (SSSR count). The first kappa shape index (κ1) is 17.2. The lowest BCUT2D eigenvalue weighted by atomic mass is 10.2.